The first-order valence-electron chi connectivity index (χ1n) is 7.69. The molecule has 108 valence electrons. The van der Waals surface area contributed by atoms with Gasteiger partial charge in [0.25, 0.3) is 0 Å². The quantitative estimate of drug-likeness (QED) is 0.746. The van der Waals surface area contributed by atoms with E-state index in [1.807, 2.05) is 0 Å². The summed E-state index contributed by atoms with van der Waals surface area (Å²) >= 11 is 0. The molecule has 0 fully saturated rings. The summed E-state index contributed by atoms with van der Waals surface area (Å²) in [6.45, 7) is 11.4. The summed E-state index contributed by atoms with van der Waals surface area (Å²) in [5.74, 6) is 0.721. The van der Waals surface area contributed by atoms with Gasteiger partial charge in [0.05, 0.1) is 0 Å². The summed E-state index contributed by atoms with van der Waals surface area (Å²) in [6, 6.07) is 15.5. The molecule has 2 rings (SSSR count). The highest BCUT2D eigenvalue weighted by molar-refractivity contribution is 5.83. The lowest BCUT2D eigenvalue weighted by atomic mass is 9.81. The summed E-state index contributed by atoms with van der Waals surface area (Å²) in [5, 5.41) is 6.21. The Morgan fingerprint density at radius 2 is 1.70 bits per heavy atom. The first-order valence-corrected chi connectivity index (χ1v) is 7.69. The minimum absolute atomic E-state index is 0.216. The predicted octanol–water partition coefficient (Wildman–Crippen LogP) is 4.75. The molecule has 20 heavy (non-hydrogen) atoms. The van der Waals surface area contributed by atoms with E-state index in [9.17, 15) is 0 Å². The predicted molar refractivity (Wildman–Crippen MR) is 89.3 cm³/mol. The molecule has 0 aromatic heterocycles. The van der Waals surface area contributed by atoms with Gasteiger partial charge >= 0.3 is 0 Å². The maximum atomic E-state index is 3.55. The van der Waals surface area contributed by atoms with E-state index in [2.05, 4.69) is 75.5 Å². The van der Waals surface area contributed by atoms with Gasteiger partial charge in [0.2, 0.25) is 0 Å². The van der Waals surface area contributed by atoms with Gasteiger partial charge in [0, 0.05) is 0 Å². The van der Waals surface area contributed by atoms with Crippen LogP contribution < -0.4 is 5.32 Å². The Labute approximate surface area is 123 Å². The fourth-order valence-electron chi connectivity index (χ4n) is 2.55. The lowest BCUT2D eigenvalue weighted by molar-refractivity contribution is 0.442. The van der Waals surface area contributed by atoms with Crippen molar-refractivity contribution < 1.29 is 0 Å². The summed E-state index contributed by atoms with van der Waals surface area (Å²) in [5.41, 5.74) is 1.65. The zero-order valence-corrected chi connectivity index (χ0v) is 13.2. The Morgan fingerprint density at radius 1 is 1.00 bits per heavy atom. The van der Waals surface area contributed by atoms with E-state index in [1.165, 1.54) is 16.3 Å². The van der Waals surface area contributed by atoms with E-state index < -0.39 is 0 Å². The average Bonchev–Trinajstić information content (AvgIpc) is 2.43. The Morgan fingerprint density at radius 3 is 2.40 bits per heavy atom. The molecule has 0 heterocycles. The Balaban J connectivity index is 2.06. The van der Waals surface area contributed by atoms with E-state index in [-0.39, 0.29) is 5.41 Å². The molecule has 1 nitrogen and oxygen atoms in total. The standard InChI is InChI=1S/C19H27N/c1-15(2)14-20-12-11-19(3,4)18-10-9-16-7-5-6-8-17(16)13-18/h5-10,13,15,20H,11-12,14H2,1-4H3. The third kappa shape index (κ3) is 3.83. The van der Waals surface area contributed by atoms with Gasteiger partial charge < -0.3 is 5.32 Å². The molecule has 0 amide bonds. The van der Waals surface area contributed by atoms with Gasteiger partial charge in [-0.1, -0.05) is 70.2 Å². The molecule has 0 saturated carbocycles. The molecule has 1 heteroatoms. The summed E-state index contributed by atoms with van der Waals surface area (Å²) in [6.07, 6.45) is 1.16. The first-order chi connectivity index (χ1) is 9.49. The normalized spacial score (nSPS) is 12.2. The maximum absolute atomic E-state index is 3.55. The second-order valence-corrected chi connectivity index (χ2v) is 6.79. The molecule has 0 aliphatic carbocycles. The molecule has 0 aliphatic heterocycles. The number of fused-ring (bicyclic) bond motifs is 1. The molecule has 0 unspecified atom stereocenters. The number of rotatable bonds is 6. The molecule has 0 atom stereocenters. The van der Waals surface area contributed by atoms with Gasteiger partial charge in [-0.15, -0.1) is 0 Å². The SMILES string of the molecule is CC(C)CNCCC(C)(C)c1ccc2ccccc2c1. The summed E-state index contributed by atoms with van der Waals surface area (Å²) in [7, 11) is 0. The highest BCUT2D eigenvalue weighted by Crippen LogP contribution is 2.29. The van der Waals surface area contributed by atoms with Crippen LogP contribution in [0.5, 0.6) is 0 Å². The second kappa shape index (κ2) is 6.41. The fraction of sp³-hybridized carbons (Fsp3) is 0.474. The van der Waals surface area contributed by atoms with Crippen molar-refractivity contribution in [1.82, 2.24) is 5.32 Å². The third-order valence-corrected chi connectivity index (χ3v) is 4.01. The van der Waals surface area contributed by atoms with Crippen molar-refractivity contribution in [1.29, 1.82) is 0 Å². The highest BCUT2D eigenvalue weighted by Gasteiger charge is 2.20. The first kappa shape index (κ1) is 15.1. The van der Waals surface area contributed by atoms with Gasteiger partial charge in [0.15, 0.2) is 0 Å². The van der Waals surface area contributed by atoms with Crippen LogP contribution in [-0.4, -0.2) is 13.1 Å². The molecule has 0 aliphatic rings. The molecule has 0 radical (unpaired) electrons. The molecular weight excluding hydrogens is 242 g/mol. The highest BCUT2D eigenvalue weighted by atomic mass is 14.8. The van der Waals surface area contributed by atoms with Crippen molar-refractivity contribution in [3.05, 3.63) is 48.0 Å². The van der Waals surface area contributed by atoms with Crippen LogP contribution in [0, 0.1) is 5.92 Å². The van der Waals surface area contributed by atoms with E-state index >= 15 is 0 Å². The van der Waals surface area contributed by atoms with Crippen molar-refractivity contribution in [3.8, 4) is 0 Å². The van der Waals surface area contributed by atoms with Crippen molar-refractivity contribution in [3.63, 3.8) is 0 Å². The average molecular weight is 269 g/mol. The van der Waals surface area contributed by atoms with Crippen LogP contribution in [0.15, 0.2) is 42.5 Å². The Bertz CT molecular complexity index is 554. The Hall–Kier alpha value is -1.34. The van der Waals surface area contributed by atoms with Crippen molar-refractivity contribution in [2.75, 3.05) is 13.1 Å². The van der Waals surface area contributed by atoms with Crippen LogP contribution in [0.3, 0.4) is 0 Å². The van der Waals surface area contributed by atoms with E-state index in [0.717, 1.165) is 25.4 Å². The third-order valence-electron chi connectivity index (χ3n) is 4.01. The molecule has 1 N–H and O–H groups in total. The minimum Gasteiger partial charge on any atom is -0.316 e. The molecule has 0 bridgehead atoms. The van der Waals surface area contributed by atoms with Crippen molar-refractivity contribution >= 4 is 10.8 Å². The topological polar surface area (TPSA) is 12.0 Å². The van der Waals surface area contributed by atoms with Gasteiger partial charge in [0.1, 0.15) is 0 Å². The van der Waals surface area contributed by atoms with E-state index in [0.29, 0.717) is 0 Å². The Kier molecular flexibility index (Phi) is 4.82. The van der Waals surface area contributed by atoms with Crippen LogP contribution in [0.2, 0.25) is 0 Å². The number of nitrogens with one attached hydrogen (secondary N) is 1. The number of hydrogen-bond donors (Lipinski definition) is 1. The maximum Gasteiger partial charge on any atom is -0.00258 e. The molecule has 2 aromatic carbocycles. The van der Waals surface area contributed by atoms with Crippen LogP contribution in [-0.2, 0) is 5.41 Å². The lowest BCUT2D eigenvalue weighted by Gasteiger charge is -2.26. The number of hydrogen-bond acceptors (Lipinski definition) is 1. The zero-order chi connectivity index (χ0) is 14.6. The zero-order valence-electron chi connectivity index (χ0n) is 13.2. The molecule has 0 saturated heterocycles. The second-order valence-electron chi connectivity index (χ2n) is 6.79. The van der Waals surface area contributed by atoms with E-state index in [1.54, 1.807) is 0 Å². The van der Waals surface area contributed by atoms with Crippen LogP contribution in [0.4, 0.5) is 0 Å². The van der Waals surface area contributed by atoms with Crippen LogP contribution in [0.1, 0.15) is 39.7 Å². The van der Waals surface area contributed by atoms with E-state index in [4.69, 9.17) is 0 Å². The monoisotopic (exact) mass is 269 g/mol. The van der Waals surface area contributed by atoms with Crippen molar-refractivity contribution in [2.45, 2.75) is 39.5 Å². The van der Waals surface area contributed by atoms with Crippen LogP contribution >= 0.6 is 0 Å². The molecular formula is C19H27N. The lowest BCUT2D eigenvalue weighted by Crippen LogP contribution is -2.27. The smallest absolute Gasteiger partial charge is 0.00258 e. The van der Waals surface area contributed by atoms with Crippen LogP contribution in [0.25, 0.3) is 10.8 Å². The summed E-state index contributed by atoms with van der Waals surface area (Å²) in [4.78, 5) is 0. The van der Waals surface area contributed by atoms with Gasteiger partial charge in [-0.3, -0.25) is 0 Å². The largest absolute Gasteiger partial charge is 0.316 e. The molecule has 0 spiro atoms. The van der Waals surface area contributed by atoms with Gasteiger partial charge in [-0.2, -0.15) is 0 Å². The molecule has 2 aromatic rings. The van der Waals surface area contributed by atoms with Gasteiger partial charge in [-0.25, -0.2) is 0 Å². The van der Waals surface area contributed by atoms with Crippen molar-refractivity contribution in [2.24, 2.45) is 5.92 Å². The summed E-state index contributed by atoms with van der Waals surface area (Å²) < 4.78 is 0. The fourth-order valence-corrected chi connectivity index (χ4v) is 2.55. The van der Waals surface area contributed by atoms with Gasteiger partial charge in [-0.05, 0) is 47.2 Å². The minimum atomic E-state index is 0.216. The number of benzene rings is 2.